The summed E-state index contributed by atoms with van der Waals surface area (Å²) in [5.41, 5.74) is 0. The van der Waals surface area contributed by atoms with Gasteiger partial charge in [-0.25, -0.2) is 0 Å². The SMILES string of the molecule is CC1CN(S(=O)(=O)N2CCCNCC2)CC(C)N1C. The molecule has 2 aliphatic rings. The lowest BCUT2D eigenvalue weighted by atomic mass is 10.1. The number of likely N-dealkylation sites (N-methyl/N-ethyl adjacent to an activating group) is 1. The van der Waals surface area contributed by atoms with E-state index in [1.54, 1.807) is 8.61 Å². The summed E-state index contributed by atoms with van der Waals surface area (Å²) in [6.45, 7) is 8.21. The van der Waals surface area contributed by atoms with E-state index in [1.807, 2.05) is 0 Å². The minimum Gasteiger partial charge on any atom is -0.315 e. The van der Waals surface area contributed by atoms with Gasteiger partial charge in [0, 0.05) is 44.8 Å². The zero-order valence-corrected chi connectivity index (χ0v) is 13.0. The molecular formula is C12H26N4O2S. The summed E-state index contributed by atoms with van der Waals surface area (Å²) in [5.74, 6) is 0. The van der Waals surface area contributed by atoms with Gasteiger partial charge in [0.1, 0.15) is 0 Å². The third-order valence-corrected chi connectivity index (χ3v) is 6.25. The lowest BCUT2D eigenvalue weighted by molar-refractivity contribution is 0.101. The van der Waals surface area contributed by atoms with Crippen molar-refractivity contribution in [3.63, 3.8) is 0 Å². The summed E-state index contributed by atoms with van der Waals surface area (Å²) in [6, 6.07) is 0.534. The molecule has 1 N–H and O–H groups in total. The Bertz CT molecular complexity index is 381. The molecule has 19 heavy (non-hydrogen) atoms. The second kappa shape index (κ2) is 6.05. The minimum absolute atomic E-state index is 0.267. The average Bonchev–Trinajstić information content (AvgIpc) is 2.64. The minimum atomic E-state index is -3.30. The maximum Gasteiger partial charge on any atom is 0.282 e. The van der Waals surface area contributed by atoms with Crippen LogP contribution in [0.3, 0.4) is 0 Å². The van der Waals surface area contributed by atoms with Gasteiger partial charge in [-0.05, 0) is 33.9 Å². The summed E-state index contributed by atoms with van der Waals surface area (Å²) in [4.78, 5) is 2.25. The predicted molar refractivity (Wildman–Crippen MR) is 76.2 cm³/mol. The quantitative estimate of drug-likeness (QED) is 0.748. The van der Waals surface area contributed by atoms with Crippen LogP contribution < -0.4 is 5.32 Å². The second-order valence-electron chi connectivity index (χ2n) is 5.69. The summed E-state index contributed by atoms with van der Waals surface area (Å²) >= 11 is 0. The Kier molecular flexibility index (Phi) is 4.84. The van der Waals surface area contributed by atoms with Crippen LogP contribution in [-0.2, 0) is 10.2 Å². The lowest BCUT2D eigenvalue weighted by Gasteiger charge is -2.42. The van der Waals surface area contributed by atoms with Gasteiger partial charge < -0.3 is 5.32 Å². The Labute approximate surface area is 116 Å². The molecule has 0 aliphatic carbocycles. The standard InChI is InChI=1S/C12H26N4O2S/c1-11-9-16(10-12(2)14(11)3)19(17,18)15-7-4-5-13-6-8-15/h11-13H,4-10H2,1-3H3. The third kappa shape index (κ3) is 3.28. The fraction of sp³-hybridized carbons (Fsp3) is 1.00. The van der Waals surface area contributed by atoms with Crippen LogP contribution in [0.4, 0.5) is 0 Å². The lowest BCUT2D eigenvalue weighted by Crippen LogP contribution is -2.59. The van der Waals surface area contributed by atoms with Crippen LogP contribution in [0.2, 0.25) is 0 Å². The van der Waals surface area contributed by atoms with Crippen LogP contribution in [0.15, 0.2) is 0 Å². The highest BCUT2D eigenvalue weighted by atomic mass is 32.2. The molecule has 2 fully saturated rings. The van der Waals surface area contributed by atoms with E-state index >= 15 is 0 Å². The molecule has 2 heterocycles. The third-order valence-electron chi connectivity index (χ3n) is 4.28. The van der Waals surface area contributed by atoms with Gasteiger partial charge >= 0.3 is 0 Å². The van der Waals surface area contributed by atoms with E-state index in [0.29, 0.717) is 26.2 Å². The van der Waals surface area contributed by atoms with E-state index in [1.165, 1.54) is 0 Å². The van der Waals surface area contributed by atoms with Gasteiger partial charge in [-0.15, -0.1) is 0 Å². The zero-order valence-electron chi connectivity index (χ0n) is 12.2. The highest BCUT2D eigenvalue weighted by Gasteiger charge is 2.36. The molecule has 112 valence electrons. The van der Waals surface area contributed by atoms with Crippen LogP contribution >= 0.6 is 0 Å². The predicted octanol–water partition coefficient (Wildman–Crippen LogP) is -0.449. The molecule has 0 amide bonds. The highest BCUT2D eigenvalue weighted by Crippen LogP contribution is 2.19. The van der Waals surface area contributed by atoms with Crippen LogP contribution in [0.5, 0.6) is 0 Å². The van der Waals surface area contributed by atoms with Crippen molar-refractivity contribution in [3.05, 3.63) is 0 Å². The van der Waals surface area contributed by atoms with Crippen molar-refractivity contribution in [1.29, 1.82) is 0 Å². The van der Waals surface area contributed by atoms with E-state index in [9.17, 15) is 8.42 Å². The molecule has 0 radical (unpaired) electrons. The molecule has 0 bridgehead atoms. The van der Waals surface area contributed by atoms with Crippen molar-refractivity contribution >= 4 is 10.2 Å². The number of piperazine rings is 1. The van der Waals surface area contributed by atoms with Gasteiger partial charge in [0.05, 0.1) is 0 Å². The van der Waals surface area contributed by atoms with E-state index < -0.39 is 10.2 Å². The fourth-order valence-corrected chi connectivity index (χ4v) is 4.58. The second-order valence-corrected chi connectivity index (χ2v) is 7.62. The first-order valence-electron chi connectivity index (χ1n) is 7.11. The van der Waals surface area contributed by atoms with Crippen LogP contribution in [-0.4, -0.2) is 80.3 Å². The molecule has 2 rings (SSSR count). The summed E-state index contributed by atoms with van der Waals surface area (Å²) in [5, 5.41) is 3.24. The van der Waals surface area contributed by atoms with Crippen LogP contribution in [0.1, 0.15) is 20.3 Å². The molecule has 2 saturated heterocycles. The van der Waals surface area contributed by atoms with E-state index in [2.05, 4.69) is 31.1 Å². The van der Waals surface area contributed by atoms with Crippen molar-refractivity contribution in [3.8, 4) is 0 Å². The smallest absolute Gasteiger partial charge is 0.282 e. The van der Waals surface area contributed by atoms with Crippen LogP contribution in [0.25, 0.3) is 0 Å². The molecule has 2 aliphatic heterocycles. The van der Waals surface area contributed by atoms with Gasteiger partial charge in [0.25, 0.3) is 10.2 Å². The monoisotopic (exact) mass is 290 g/mol. The summed E-state index contributed by atoms with van der Waals surface area (Å²) in [6.07, 6.45) is 0.887. The number of nitrogens with one attached hydrogen (secondary N) is 1. The first-order valence-corrected chi connectivity index (χ1v) is 8.50. The van der Waals surface area contributed by atoms with Crippen molar-refractivity contribution in [2.75, 3.05) is 46.3 Å². The molecule has 0 aromatic heterocycles. The normalized spacial score (nSPS) is 33.2. The topological polar surface area (TPSA) is 55.9 Å². The Morgan fingerprint density at radius 1 is 1.00 bits per heavy atom. The van der Waals surface area contributed by atoms with Gasteiger partial charge in [-0.2, -0.15) is 17.0 Å². The van der Waals surface area contributed by atoms with Crippen LogP contribution in [0, 0.1) is 0 Å². The molecule has 0 spiro atoms. The number of hydrogen-bond acceptors (Lipinski definition) is 4. The van der Waals surface area contributed by atoms with Crippen molar-refractivity contribution in [2.24, 2.45) is 0 Å². The summed E-state index contributed by atoms with van der Waals surface area (Å²) < 4.78 is 28.7. The molecule has 6 nitrogen and oxygen atoms in total. The zero-order chi connectivity index (χ0) is 14.0. The Hall–Kier alpha value is -0.210. The molecule has 0 saturated carbocycles. The molecular weight excluding hydrogens is 264 g/mol. The van der Waals surface area contributed by atoms with Crippen molar-refractivity contribution in [2.45, 2.75) is 32.4 Å². The van der Waals surface area contributed by atoms with Crippen molar-refractivity contribution < 1.29 is 8.42 Å². The summed E-state index contributed by atoms with van der Waals surface area (Å²) in [7, 11) is -1.23. The first-order chi connectivity index (χ1) is 8.93. The maximum atomic E-state index is 12.7. The van der Waals surface area contributed by atoms with Gasteiger partial charge in [0.2, 0.25) is 0 Å². The highest BCUT2D eigenvalue weighted by molar-refractivity contribution is 7.86. The van der Waals surface area contributed by atoms with Gasteiger partial charge in [0.15, 0.2) is 0 Å². The molecule has 2 unspecified atom stereocenters. The molecule has 2 atom stereocenters. The van der Waals surface area contributed by atoms with E-state index in [4.69, 9.17) is 0 Å². The Balaban J connectivity index is 2.10. The number of rotatable bonds is 2. The largest absolute Gasteiger partial charge is 0.315 e. The van der Waals surface area contributed by atoms with Gasteiger partial charge in [-0.1, -0.05) is 0 Å². The van der Waals surface area contributed by atoms with Crippen molar-refractivity contribution in [1.82, 2.24) is 18.8 Å². The maximum absolute atomic E-state index is 12.7. The Morgan fingerprint density at radius 2 is 1.63 bits per heavy atom. The number of nitrogens with zero attached hydrogens (tertiary/aromatic N) is 3. The van der Waals surface area contributed by atoms with E-state index in [-0.39, 0.29) is 12.1 Å². The molecule has 0 aromatic carbocycles. The average molecular weight is 290 g/mol. The number of hydrogen-bond donors (Lipinski definition) is 1. The van der Waals surface area contributed by atoms with E-state index in [0.717, 1.165) is 19.5 Å². The fourth-order valence-electron chi connectivity index (χ4n) is 2.76. The molecule has 7 heteroatoms. The molecule has 0 aromatic rings. The Morgan fingerprint density at radius 3 is 2.26 bits per heavy atom. The first kappa shape index (κ1) is 15.2. The van der Waals surface area contributed by atoms with Gasteiger partial charge in [-0.3, -0.25) is 4.90 Å².